The SMILES string of the molecule is CC(C)CNCC(C)(C)CCCCNC1CC1. The monoisotopic (exact) mass is 240 g/mol. The lowest BCUT2D eigenvalue weighted by Gasteiger charge is -2.25. The molecule has 1 aliphatic rings. The summed E-state index contributed by atoms with van der Waals surface area (Å²) in [4.78, 5) is 0. The van der Waals surface area contributed by atoms with E-state index in [0.717, 1.165) is 25.0 Å². The van der Waals surface area contributed by atoms with Crippen LogP contribution in [0.15, 0.2) is 0 Å². The Morgan fingerprint density at radius 2 is 1.88 bits per heavy atom. The molecule has 0 atom stereocenters. The summed E-state index contributed by atoms with van der Waals surface area (Å²) in [6.45, 7) is 12.8. The van der Waals surface area contributed by atoms with Gasteiger partial charge in [-0.2, -0.15) is 0 Å². The van der Waals surface area contributed by atoms with Gasteiger partial charge in [-0.05, 0) is 50.1 Å². The minimum atomic E-state index is 0.453. The van der Waals surface area contributed by atoms with Crippen molar-refractivity contribution in [2.45, 2.75) is 65.8 Å². The molecular formula is C15H32N2. The summed E-state index contributed by atoms with van der Waals surface area (Å²) in [5.74, 6) is 0.758. The van der Waals surface area contributed by atoms with Gasteiger partial charge in [-0.15, -0.1) is 0 Å². The van der Waals surface area contributed by atoms with Crippen LogP contribution in [0.2, 0.25) is 0 Å². The van der Waals surface area contributed by atoms with E-state index in [1.165, 1.54) is 38.6 Å². The van der Waals surface area contributed by atoms with E-state index < -0.39 is 0 Å². The fourth-order valence-electron chi connectivity index (χ4n) is 2.11. The zero-order valence-corrected chi connectivity index (χ0v) is 12.3. The first-order valence-electron chi connectivity index (χ1n) is 7.44. The van der Waals surface area contributed by atoms with E-state index >= 15 is 0 Å². The van der Waals surface area contributed by atoms with Crippen molar-refractivity contribution < 1.29 is 0 Å². The van der Waals surface area contributed by atoms with Crippen LogP contribution in [0.5, 0.6) is 0 Å². The first-order chi connectivity index (χ1) is 7.99. The van der Waals surface area contributed by atoms with Crippen LogP contribution in [-0.2, 0) is 0 Å². The van der Waals surface area contributed by atoms with Gasteiger partial charge in [0, 0.05) is 12.6 Å². The zero-order chi connectivity index (χ0) is 12.7. The second kappa shape index (κ2) is 7.38. The Morgan fingerprint density at radius 3 is 2.47 bits per heavy atom. The molecule has 0 aliphatic heterocycles. The van der Waals surface area contributed by atoms with Crippen molar-refractivity contribution in [1.82, 2.24) is 10.6 Å². The van der Waals surface area contributed by atoms with Crippen molar-refractivity contribution in [1.29, 1.82) is 0 Å². The summed E-state index contributed by atoms with van der Waals surface area (Å²) in [7, 11) is 0. The molecule has 0 amide bonds. The highest BCUT2D eigenvalue weighted by Gasteiger charge is 2.20. The molecule has 102 valence electrons. The minimum Gasteiger partial charge on any atom is -0.316 e. The maximum absolute atomic E-state index is 3.59. The Kier molecular flexibility index (Phi) is 6.50. The van der Waals surface area contributed by atoms with Gasteiger partial charge in [0.1, 0.15) is 0 Å². The van der Waals surface area contributed by atoms with Crippen LogP contribution in [0.25, 0.3) is 0 Å². The molecule has 1 saturated carbocycles. The minimum absolute atomic E-state index is 0.453. The van der Waals surface area contributed by atoms with E-state index in [2.05, 4.69) is 38.3 Å². The average molecular weight is 240 g/mol. The first kappa shape index (κ1) is 15.0. The second-order valence-electron chi connectivity index (χ2n) is 6.87. The van der Waals surface area contributed by atoms with Gasteiger partial charge in [-0.1, -0.05) is 34.1 Å². The van der Waals surface area contributed by atoms with Crippen LogP contribution in [0.4, 0.5) is 0 Å². The molecule has 0 aromatic heterocycles. The average Bonchev–Trinajstić information content (AvgIpc) is 3.00. The lowest BCUT2D eigenvalue weighted by Crippen LogP contribution is -2.32. The molecule has 0 bridgehead atoms. The van der Waals surface area contributed by atoms with Crippen LogP contribution in [0.3, 0.4) is 0 Å². The topological polar surface area (TPSA) is 24.1 Å². The Labute approximate surface area is 108 Å². The maximum atomic E-state index is 3.59. The molecule has 0 heterocycles. The summed E-state index contributed by atoms with van der Waals surface area (Å²) < 4.78 is 0. The molecule has 2 N–H and O–H groups in total. The largest absolute Gasteiger partial charge is 0.316 e. The zero-order valence-electron chi connectivity index (χ0n) is 12.3. The summed E-state index contributed by atoms with van der Waals surface area (Å²) >= 11 is 0. The number of rotatable bonds is 10. The highest BCUT2D eigenvalue weighted by molar-refractivity contribution is 4.80. The molecular weight excluding hydrogens is 208 g/mol. The third-order valence-corrected chi connectivity index (χ3v) is 3.45. The Hall–Kier alpha value is -0.0800. The van der Waals surface area contributed by atoms with Gasteiger partial charge in [0.2, 0.25) is 0 Å². The predicted octanol–water partition coefficient (Wildman–Crippen LogP) is 3.18. The molecule has 0 unspecified atom stereocenters. The number of nitrogens with one attached hydrogen (secondary N) is 2. The third kappa shape index (κ3) is 8.62. The second-order valence-corrected chi connectivity index (χ2v) is 6.87. The van der Waals surface area contributed by atoms with Gasteiger partial charge < -0.3 is 10.6 Å². The summed E-state index contributed by atoms with van der Waals surface area (Å²) in [6.07, 6.45) is 6.85. The van der Waals surface area contributed by atoms with Crippen LogP contribution in [0.1, 0.15) is 59.8 Å². The first-order valence-corrected chi connectivity index (χ1v) is 7.44. The Balaban J connectivity index is 1.94. The van der Waals surface area contributed by atoms with E-state index in [0.29, 0.717) is 5.41 Å². The standard InChI is InChI=1S/C15H32N2/c1-13(2)11-16-12-15(3,4)9-5-6-10-17-14-7-8-14/h13-14,16-17H,5-12H2,1-4H3. The van der Waals surface area contributed by atoms with Crippen molar-refractivity contribution in [3.05, 3.63) is 0 Å². The van der Waals surface area contributed by atoms with Gasteiger partial charge in [0.05, 0.1) is 0 Å². The number of unbranched alkanes of at least 4 members (excludes halogenated alkanes) is 1. The molecule has 1 aliphatic carbocycles. The molecule has 0 radical (unpaired) electrons. The molecule has 0 aromatic carbocycles. The normalized spacial score (nSPS) is 16.8. The van der Waals surface area contributed by atoms with Crippen molar-refractivity contribution in [3.63, 3.8) is 0 Å². The van der Waals surface area contributed by atoms with Crippen molar-refractivity contribution >= 4 is 0 Å². The van der Waals surface area contributed by atoms with E-state index in [1.807, 2.05) is 0 Å². The summed E-state index contributed by atoms with van der Waals surface area (Å²) in [5.41, 5.74) is 0.453. The molecule has 1 fully saturated rings. The van der Waals surface area contributed by atoms with E-state index in [9.17, 15) is 0 Å². The van der Waals surface area contributed by atoms with Gasteiger partial charge in [0.15, 0.2) is 0 Å². The quantitative estimate of drug-likeness (QED) is 0.573. The van der Waals surface area contributed by atoms with Crippen LogP contribution in [-0.4, -0.2) is 25.7 Å². The molecule has 17 heavy (non-hydrogen) atoms. The number of hydrogen-bond acceptors (Lipinski definition) is 2. The van der Waals surface area contributed by atoms with E-state index in [-0.39, 0.29) is 0 Å². The molecule has 0 spiro atoms. The van der Waals surface area contributed by atoms with Crippen LogP contribution in [0, 0.1) is 11.3 Å². The lowest BCUT2D eigenvalue weighted by atomic mass is 9.87. The van der Waals surface area contributed by atoms with E-state index in [1.54, 1.807) is 0 Å². The fourth-order valence-corrected chi connectivity index (χ4v) is 2.11. The highest BCUT2D eigenvalue weighted by atomic mass is 14.9. The predicted molar refractivity (Wildman–Crippen MR) is 76.4 cm³/mol. The van der Waals surface area contributed by atoms with Crippen LogP contribution >= 0.6 is 0 Å². The summed E-state index contributed by atoms with van der Waals surface area (Å²) in [5, 5.41) is 7.16. The Morgan fingerprint density at radius 1 is 1.18 bits per heavy atom. The molecule has 2 nitrogen and oxygen atoms in total. The van der Waals surface area contributed by atoms with Gasteiger partial charge in [-0.25, -0.2) is 0 Å². The van der Waals surface area contributed by atoms with E-state index in [4.69, 9.17) is 0 Å². The van der Waals surface area contributed by atoms with Crippen LogP contribution < -0.4 is 10.6 Å². The van der Waals surface area contributed by atoms with Crippen molar-refractivity contribution in [2.24, 2.45) is 11.3 Å². The lowest BCUT2D eigenvalue weighted by molar-refractivity contribution is 0.297. The van der Waals surface area contributed by atoms with Crippen molar-refractivity contribution in [3.8, 4) is 0 Å². The van der Waals surface area contributed by atoms with Crippen molar-refractivity contribution in [2.75, 3.05) is 19.6 Å². The molecule has 2 heteroatoms. The molecule has 0 aromatic rings. The fraction of sp³-hybridized carbons (Fsp3) is 1.00. The smallest absolute Gasteiger partial charge is 0.00682 e. The number of hydrogen-bond donors (Lipinski definition) is 2. The Bertz CT molecular complexity index is 195. The van der Waals surface area contributed by atoms with Gasteiger partial charge in [-0.3, -0.25) is 0 Å². The van der Waals surface area contributed by atoms with Gasteiger partial charge in [0.25, 0.3) is 0 Å². The third-order valence-electron chi connectivity index (χ3n) is 3.45. The molecule has 0 saturated heterocycles. The summed E-state index contributed by atoms with van der Waals surface area (Å²) in [6, 6.07) is 0.871. The highest BCUT2D eigenvalue weighted by Crippen LogP contribution is 2.22. The molecule has 1 rings (SSSR count). The maximum Gasteiger partial charge on any atom is 0.00682 e. The van der Waals surface area contributed by atoms with Gasteiger partial charge >= 0.3 is 0 Å².